The van der Waals surface area contributed by atoms with Crippen LogP contribution in [0.4, 0.5) is 17.6 Å². The van der Waals surface area contributed by atoms with Crippen molar-refractivity contribution in [1.29, 1.82) is 0 Å². The van der Waals surface area contributed by atoms with Crippen molar-refractivity contribution in [2.75, 3.05) is 7.05 Å². The van der Waals surface area contributed by atoms with Gasteiger partial charge in [0.25, 0.3) is 0 Å². The molecule has 1 nitrogen and oxygen atoms in total. The lowest BCUT2D eigenvalue weighted by Crippen LogP contribution is -2.07. The molecule has 0 bridgehead atoms. The Morgan fingerprint density at radius 3 is 2.21 bits per heavy atom. The van der Waals surface area contributed by atoms with Crippen molar-refractivity contribution in [3.05, 3.63) is 59.2 Å². The number of hydrogen-bond donors (Lipinski definition) is 1. The van der Waals surface area contributed by atoms with E-state index in [4.69, 9.17) is 0 Å². The van der Waals surface area contributed by atoms with Gasteiger partial charge in [-0.2, -0.15) is 0 Å². The van der Waals surface area contributed by atoms with Gasteiger partial charge >= 0.3 is 0 Å². The molecule has 0 aliphatic heterocycles. The number of hydrogen-bond acceptors (Lipinski definition) is 1. The highest BCUT2D eigenvalue weighted by Crippen LogP contribution is 2.29. The molecule has 0 atom stereocenters. The molecule has 2 aromatic rings. The third kappa shape index (κ3) is 2.76. The van der Waals surface area contributed by atoms with E-state index in [1.807, 2.05) is 0 Å². The van der Waals surface area contributed by atoms with Crippen molar-refractivity contribution in [3.8, 4) is 11.1 Å². The molecule has 2 rings (SSSR count). The standard InChI is InChI=1S/C14H11F4N/c1-19-7-8-2-3-9(15)4-10(8)11-5-13(17)14(18)6-12(11)16/h2-6,19H,7H2,1H3. The van der Waals surface area contributed by atoms with Gasteiger partial charge in [-0.15, -0.1) is 0 Å². The van der Waals surface area contributed by atoms with Gasteiger partial charge in [-0.25, -0.2) is 17.6 Å². The molecule has 0 aliphatic rings. The second-order valence-electron chi connectivity index (χ2n) is 4.08. The largest absolute Gasteiger partial charge is 0.316 e. The van der Waals surface area contributed by atoms with E-state index in [0.29, 0.717) is 18.2 Å². The van der Waals surface area contributed by atoms with Crippen LogP contribution in [0.2, 0.25) is 0 Å². The smallest absolute Gasteiger partial charge is 0.161 e. The highest BCUT2D eigenvalue weighted by Gasteiger charge is 2.15. The van der Waals surface area contributed by atoms with Gasteiger partial charge in [0.2, 0.25) is 0 Å². The average molecular weight is 269 g/mol. The molecule has 0 aliphatic carbocycles. The van der Waals surface area contributed by atoms with Crippen molar-refractivity contribution < 1.29 is 17.6 Å². The van der Waals surface area contributed by atoms with Gasteiger partial charge in [0, 0.05) is 18.2 Å². The monoisotopic (exact) mass is 269 g/mol. The third-order valence-electron chi connectivity index (χ3n) is 2.74. The Hall–Kier alpha value is -1.88. The summed E-state index contributed by atoms with van der Waals surface area (Å²) in [6, 6.07) is 5.00. The summed E-state index contributed by atoms with van der Waals surface area (Å²) in [5.74, 6) is -3.94. The molecule has 1 N–H and O–H groups in total. The summed E-state index contributed by atoms with van der Waals surface area (Å²) < 4.78 is 53.1. The van der Waals surface area contributed by atoms with Crippen LogP contribution in [0.1, 0.15) is 5.56 Å². The van der Waals surface area contributed by atoms with Crippen LogP contribution in [0.5, 0.6) is 0 Å². The highest BCUT2D eigenvalue weighted by molar-refractivity contribution is 5.68. The van der Waals surface area contributed by atoms with Crippen LogP contribution in [0.3, 0.4) is 0 Å². The van der Waals surface area contributed by atoms with Gasteiger partial charge in [-0.3, -0.25) is 0 Å². The molecule has 0 spiro atoms. The number of benzene rings is 2. The molecule has 0 amide bonds. The summed E-state index contributed by atoms with van der Waals surface area (Å²) in [6.45, 7) is 0.355. The molecule has 2 aromatic carbocycles. The molecule has 5 heteroatoms. The fourth-order valence-electron chi connectivity index (χ4n) is 1.87. The molecular formula is C14H11F4N. The Bertz CT molecular complexity index is 611. The number of rotatable bonds is 3. The summed E-state index contributed by atoms with van der Waals surface area (Å²) in [5.41, 5.74) is 0.628. The van der Waals surface area contributed by atoms with Crippen molar-refractivity contribution in [2.24, 2.45) is 0 Å². The molecule has 0 radical (unpaired) electrons. The molecule has 0 unspecified atom stereocenters. The lowest BCUT2D eigenvalue weighted by Gasteiger charge is -2.11. The van der Waals surface area contributed by atoms with Crippen LogP contribution >= 0.6 is 0 Å². The topological polar surface area (TPSA) is 12.0 Å². The van der Waals surface area contributed by atoms with Gasteiger partial charge in [-0.1, -0.05) is 6.07 Å². The van der Waals surface area contributed by atoms with Gasteiger partial charge in [0.05, 0.1) is 0 Å². The van der Waals surface area contributed by atoms with Crippen molar-refractivity contribution in [3.63, 3.8) is 0 Å². The zero-order valence-corrected chi connectivity index (χ0v) is 10.1. The summed E-state index contributed by atoms with van der Waals surface area (Å²) >= 11 is 0. The Balaban J connectivity index is 2.63. The minimum Gasteiger partial charge on any atom is -0.316 e. The van der Waals surface area contributed by atoms with E-state index in [1.165, 1.54) is 12.1 Å². The van der Waals surface area contributed by atoms with E-state index >= 15 is 0 Å². The van der Waals surface area contributed by atoms with Crippen LogP contribution in [0, 0.1) is 23.3 Å². The molecule has 0 saturated heterocycles. The molecular weight excluding hydrogens is 258 g/mol. The van der Waals surface area contributed by atoms with Crippen molar-refractivity contribution in [2.45, 2.75) is 6.54 Å². The summed E-state index contributed by atoms with van der Waals surface area (Å²) in [6.07, 6.45) is 0. The first-order valence-corrected chi connectivity index (χ1v) is 5.61. The van der Waals surface area contributed by atoms with Gasteiger partial charge in [0.15, 0.2) is 11.6 Å². The van der Waals surface area contributed by atoms with Gasteiger partial charge in [0.1, 0.15) is 11.6 Å². The zero-order chi connectivity index (χ0) is 14.0. The first-order chi connectivity index (χ1) is 9.02. The summed E-state index contributed by atoms with van der Waals surface area (Å²) in [4.78, 5) is 0. The Kier molecular flexibility index (Phi) is 3.85. The SMILES string of the molecule is CNCc1ccc(F)cc1-c1cc(F)c(F)cc1F. The zero-order valence-electron chi connectivity index (χ0n) is 10.1. The van der Waals surface area contributed by atoms with Crippen LogP contribution < -0.4 is 5.32 Å². The van der Waals surface area contributed by atoms with E-state index in [-0.39, 0.29) is 11.1 Å². The summed E-state index contributed by atoms with van der Waals surface area (Å²) in [5, 5.41) is 2.85. The lowest BCUT2D eigenvalue weighted by molar-refractivity contribution is 0.496. The molecule has 0 saturated carbocycles. The summed E-state index contributed by atoms with van der Waals surface area (Å²) in [7, 11) is 1.68. The maximum absolute atomic E-state index is 13.7. The van der Waals surface area contributed by atoms with E-state index in [2.05, 4.69) is 5.32 Å². The maximum Gasteiger partial charge on any atom is 0.161 e. The van der Waals surface area contributed by atoms with E-state index < -0.39 is 23.3 Å². The second kappa shape index (κ2) is 5.40. The van der Waals surface area contributed by atoms with E-state index in [9.17, 15) is 17.6 Å². The fourth-order valence-corrected chi connectivity index (χ4v) is 1.87. The number of halogens is 4. The third-order valence-corrected chi connectivity index (χ3v) is 2.74. The Labute approximate surface area is 107 Å². The van der Waals surface area contributed by atoms with Crippen LogP contribution in [0.15, 0.2) is 30.3 Å². The molecule has 0 aromatic heterocycles. The van der Waals surface area contributed by atoms with E-state index in [0.717, 1.165) is 12.1 Å². The van der Waals surface area contributed by atoms with Gasteiger partial charge in [-0.05, 0) is 36.4 Å². The normalized spacial score (nSPS) is 10.8. The quantitative estimate of drug-likeness (QED) is 0.662. The molecule has 100 valence electrons. The number of nitrogens with one attached hydrogen (secondary N) is 1. The highest BCUT2D eigenvalue weighted by atomic mass is 19.2. The lowest BCUT2D eigenvalue weighted by atomic mass is 9.98. The minimum absolute atomic E-state index is 0.163. The first kappa shape index (κ1) is 13.5. The minimum atomic E-state index is -1.27. The fraction of sp³-hybridized carbons (Fsp3) is 0.143. The van der Waals surface area contributed by atoms with Crippen LogP contribution in [-0.4, -0.2) is 7.05 Å². The van der Waals surface area contributed by atoms with Crippen molar-refractivity contribution >= 4 is 0 Å². The molecule has 0 fully saturated rings. The van der Waals surface area contributed by atoms with Crippen molar-refractivity contribution in [1.82, 2.24) is 5.32 Å². The second-order valence-corrected chi connectivity index (χ2v) is 4.08. The predicted molar refractivity (Wildman–Crippen MR) is 64.5 cm³/mol. The van der Waals surface area contributed by atoms with Crippen LogP contribution in [-0.2, 0) is 6.54 Å². The average Bonchev–Trinajstić information content (AvgIpc) is 2.36. The molecule has 19 heavy (non-hydrogen) atoms. The Morgan fingerprint density at radius 1 is 0.842 bits per heavy atom. The van der Waals surface area contributed by atoms with Crippen LogP contribution in [0.25, 0.3) is 11.1 Å². The predicted octanol–water partition coefficient (Wildman–Crippen LogP) is 3.63. The maximum atomic E-state index is 13.7. The molecule has 0 heterocycles. The van der Waals surface area contributed by atoms with Gasteiger partial charge < -0.3 is 5.32 Å². The van der Waals surface area contributed by atoms with E-state index in [1.54, 1.807) is 7.05 Å². The Morgan fingerprint density at radius 2 is 1.53 bits per heavy atom. The first-order valence-electron chi connectivity index (χ1n) is 5.61.